The second kappa shape index (κ2) is 5.05. The van der Waals surface area contributed by atoms with Crippen LogP contribution in [0.4, 0.5) is 0 Å². The maximum absolute atomic E-state index is 5.84. The molecule has 0 N–H and O–H groups in total. The van der Waals surface area contributed by atoms with Crippen molar-refractivity contribution in [3.8, 4) is 0 Å². The summed E-state index contributed by atoms with van der Waals surface area (Å²) in [6.07, 6.45) is 3.95. The monoisotopic (exact) mass is 192 g/mol. The highest BCUT2D eigenvalue weighted by atomic mass is 35.5. The first kappa shape index (κ1) is 10.3. The highest BCUT2D eigenvalue weighted by molar-refractivity contribution is 6.18. The van der Waals surface area contributed by atoms with Crippen molar-refractivity contribution in [3.05, 3.63) is 0 Å². The van der Waals surface area contributed by atoms with Gasteiger partial charge in [-0.25, -0.2) is 0 Å². The van der Waals surface area contributed by atoms with Crippen LogP contribution in [-0.2, 0) is 9.47 Å². The lowest BCUT2D eigenvalue weighted by Gasteiger charge is -2.33. The molecule has 0 bridgehead atoms. The first-order chi connectivity index (χ1) is 5.81. The fourth-order valence-corrected chi connectivity index (χ4v) is 2.20. The SMILES string of the molecule is COC1CCC(OC)C(CCl)C1. The van der Waals surface area contributed by atoms with Crippen LogP contribution in [0.5, 0.6) is 0 Å². The van der Waals surface area contributed by atoms with E-state index in [4.69, 9.17) is 21.1 Å². The molecule has 2 nitrogen and oxygen atoms in total. The topological polar surface area (TPSA) is 18.5 Å². The van der Waals surface area contributed by atoms with Gasteiger partial charge in [-0.15, -0.1) is 11.6 Å². The Hall–Kier alpha value is 0.210. The molecule has 1 rings (SSSR count). The van der Waals surface area contributed by atoms with Crippen LogP contribution in [0.15, 0.2) is 0 Å². The van der Waals surface area contributed by atoms with Gasteiger partial charge in [0, 0.05) is 26.0 Å². The second-order valence-corrected chi connectivity index (χ2v) is 3.67. The van der Waals surface area contributed by atoms with E-state index in [1.807, 2.05) is 0 Å². The summed E-state index contributed by atoms with van der Waals surface area (Å²) in [5.41, 5.74) is 0. The fourth-order valence-electron chi connectivity index (χ4n) is 1.88. The first-order valence-electron chi connectivity index (χ1n) is 4.43. The normalized spacial score (nSPS) is 36.8. The van der Waals surface area contributed by atoms with Crippen LogP contribution in [0.2, 0.25) is 0 Å². The Morgan fingerprint density at radius 1 is 1.25 bits per heavy atom. The molecule has 0 saturated heterocycles. The number of hydrogen-bond donors (Lipinski definition) is 0. The van der Waals surface area contributed by atoms with E-state index in [9.17, 15) is 0 Å². The third-order valence-electron chi connectivity index (χ3n) is 2.70. The largest absolute Gasteiger partial charge is 0.381 e. The van der Waals surface area contributed by atoms with Crippen molar-refractivity contribution < 1.29 is 9.47 Å². The van der Waals surface area contributed by atoms with Gasteiger partial charge < -0.3 is 9.47 Å². The minimum atomic E-state index is 0.342. The molecule has 0 aromatic rings. The molecule has 1 aliphatic rings. The molecule has 0 heterocycles. The number of hydrogen-bond acceptors (Lipinski definition) is 2. The average Bonchev–Trinajstić information content (AvgIpc) is 2.16. The van der Waals surface area contributed by atoms with E-state index in [1.54, 1.807) is 14.2 Å². The van der Waals surface area contributed by atoms with Gasteiger partial charge in [-0.1, -0.05) is 0 Å². The molecule has 12 heavy (non-hydrogen) atoms. The van der Waals surface area contributed by atoms with Gasteiger partial charge in [0.05, 0.1) is 12.2 Å². The van der Waals surface area contributed by atoms with Crippen LogP contribution in [0, 0.1) is 5.92 Å². The molecule has 3 unspecified atom stereocenters. The zero-order chi connectivity index (χ0) is 8.97. The van der Waals surface area contributed by atoms with Gasteiger partial charge in [0.15, 0.2) is 0 Å². The lowest BCUT2D eigenvalue weighted by atomic mass is 9.86. The van der Waals surface area contributed by atoms with Crippen molar-refractivity contribution in [2.75, 3.05) is 20.1 Å². The molecule has 0 spiro atoms. The number of methoxy groups -OCH3 is 2. The Balaban J connectivity index is 2.41. The molecular formula is C9H17ClO2. The van der Waals surface area contributed by atoms with Crippen molar-refractivity contribution >= 4 is 11.6 Å². The molecule has 0 aromatic heterocycles. The van der Waals surface area contributed by atoms with E-state index in [2.05, 4.69) is 0 Å². The Labute approximate surface area is 79.2 Å². The molecule has 0 radical (unpaired) electrons. The van der Waals surface area contributed by atoms with E-state index in [1.165, 1.54) is 0 Å². The summed E-state index contributed by atoms with van der Waals surface area (Å²) in [6.45, 7) is 0. The summed E-state index contributed by atoms with van der Waals surface area (Å²) in [5.74, 6) is 1.15. The van der Waals surface area contributed by atoms with Crippen LogP contribution in [0.25, 0.3) is 0 Å². The second-order valence-electron chi connectivity index (χ2n) is 3.36. The predicted molar refractivity (Wildman–Crippen MR) is 49.7 cm³/mol. The van der Waals surface area contributed by atoms with Gasteiger partial charge in [-0.3, -0.25) is 0 Å². The van der Waals surface area contributed by atoms with Crippen molar-refractivity contribution in [1.29, 1.82) is 0 Å². The van der Waals surface area contributed by atoms with E-state index in [0.717, 1.165) is 19.3 Å². The van der Waals surface area contributed by atoms with Crippen molar-refractivity contribution in [3.63, 3.8) is 0 Å². The average molecular weight is 193 g/mol. The van der Waals surface area contributed by atoms with Gasteiger partial charge in [0.1, 0.15) is 0 Å². The summed E-state index contributed by atoms with van der Waals surface area (Å²) >= 11 is 5.84. The van der Waals surface area contributed by atoms with Crippen LogP contribution >= 0.6 is 11.6 Å². The Morgan fingerprint density at radius 3 is 2.50 bits per heavy atom. The van der Waals surface area contributed by atoms with Gasteiger partial charge in [0.25, 0.3) is 0 Å². The third-order valence-corrected chi connectivity index (χ3v) is 3.10. The zero-order valence-electron chi connectivity index (χ0n) is 7.75. The molecule has 0 aliphatic heterocycles. The minimum Gasteiger partial charge on any atom is -0.381 e. The lowest BCUT2D eigenvalue weighted by molar-refractivity contribution is -0.0272. The summed E-state index contributed by atoms with van der Waals surface area (Å²) in [5, 5.41) is 0. The molecule has 72 valence electrons. The number of rotatable bonds is 3. The Morgan fingerprint density at radius 2 is 2.00 bits per heavy atom. The highest BCUT2D eigenvalue weighted by Crippen LogP contribution is 2.29. The standard InChI is InChI=1S/C9H17ClO2/c1-11-8-3-4-9(12-2)7(5-8)6-10/h7-9H,3-6H2,1-2H3. The molecular weight excluding hydrogens is 176 g/mol. The molecule has 3 heteroatoms. The maximum Gasteiger partial charge on any atom is 0.0612 e. The van der Waals surface area contributed by atoms with Gasteiger partial charge >= 0.3 is 0 Å². The minimum absolute atomic E-state index is 0.342. The van der Waals surface area contributed by atoms with Crippen LogP contribution in [-0.4, -0.2) is 32.3 Å². The third kappa shape index (κ3) is 2.35. The van der Waals surface area contributed by atoms with E-state index in [0.29, 0.717) is 24.0 Å². The summed E-state index contributed by atoms with van der Waals surface area (Å²) in [6, 6.07) is 0. The smallest absolute Gasteiger partial charge is 0.0612 e. The number of halogens is 1. The quantitative estimate of drug-likeness (QED) is 0.638. The molecule has 1 aliphatic carbocycles. The fraction of sp³-hybridized carbons (Fsp3) is 1.00. The number of alkyl halides is 1. The molecule has 0 amide bonds. The Kier molecular flexibility index (Phi) is 4.33. The van der Waals surface area contributed by atoms with E-state index >= 15 is 0 Å². The zero-order valence-corrected chi connectivity index (χ0v) is 8.51. The van der Waals surface area contributed by atoms with Gasteiger partial charge in [-0.2, -0.15) is 0 Å². The summed E-state index contributed by atoms with van der Waals surface area (Å²) in [4.78, 5) is 0. The lowest BCUT2D eigenvalue weighted by Crippen LogP contribution is -2.34. The summed E-state index contributed by atoms with van der Waals surface area (Å²) in [7, 11) is 3.53. The van der Waals surface area contributed by atoms with E-state index in [-0.39, 0.29) is 0 Å². The first-order valence-corrected chi connectivity index (χ1v) is 4.96. The van der Waals surface area contributed by atoms with Crippen molar-refractivity contribution in [2.24, 2.45) is 5.92 Å². The number of ether oxygens (including phenoxy) is 2. The molecule has 1 saturated carbocycles. The van der Waals surface area contributed by atoms with Crippen LogP contribution < -0.4 is 0 Å². The van der Waals surface area contributed by atoms with Crippen LogP contribution in [0.1, 0.15) is 19.3 Å². The Bertz CT molecular complexity index is 130. The molecule has 0 aromatic carbocycles. The van der Waals surface area contributed by atoms with Gasteiger partial charge in [-0.05, 0) is 19.3 Å². The van der Waals surface area contributed by atoms with Gasteiger partial charge in [0.2, 0.25) is 0 Å². The van der Waals surface area contributed by atoms with E-state index < -0.39 is 0 Å². The van der Waals surface area contributed by atoms with Crippen molar-refractivity contribution in [1.82, 2.24) is 0 Å². The van der Waals surface area contributed by atoms with Crippen molar-refractivity contribution in [2.45, 2.75) is 31.5 Å². The highest BCUT2D eigenvalue weighted by Gasteiger charge is 2.29. The van der Waals surface area contributed by atoms with Crippen LogP contribution in [0.3, 0.4) is 0 Å². The summed E-state index contributed by atoms with van der Waals surface area (Å²) < 4.78 is 10.6. The maximum atomic E-state index is 5.84. The molecule has 3 atom stereocenters. The predicted octanol–water partition coefficient (Wildman–Crippen LogP) is 2.06. The molecule has 1 fully saturated rings.